The number of carbonyl (C=O) groups is 3. The standard InChI is InChI=1S/C32H41ClN6O6/c1-6-38(7-2)27-17-26(36-31(42)45-32(3,4)5)25(16-24(27)33)35-29(41)18-28(40)21-11-10-12-22(15-21)39-23(19-34-37-39)20-44-30-13-8-9-14-43-30/h10-12,15-17,19,30H,6-9,13-14,18,20H2,1-5H3,(H,35,41)(H,36,42). The van der Waals surface area contributed by atoms with E-state index in [0.717, 1.165) is 19.3 Å². The van der Waals surface area contributed by atoms with Gasteiger partial charge in [0.1, 0.15) is 5.60 Å². The Hall–Kier alpha value is -4.00. The minimum absolute atomic E-state index is 0.238. The van der Waals surface area contributed by atoms with Crippen LogP contribution in [0.15, 0.2) is 42.6 Å². The van der Waals surface area contributed by atoms with Gasteiger partial charge in [-0.05, 0) is 78.1 Å². The largest absolute Gasteiger partial charge is 0.444 e. The van der Waals surface area contributed by atoms with E-state index in [1.807, 2.05) is 18.7 Å². The van der Waals surface area contributed by atoms with Crippen molar-refractivity contribution in [1.29, 1.82) is 0 Å². The Bertz CT molecular complexity index is 1490. The number of hydrogen-bond acceptors (Lipinski definition) is 9. The number of carbonyl (C=O) groups excluding carboxylic acids is 3. The lowest BCUT2D eigenvalue weighted by Gasteiger charge is -2.25. The SMILES string of the molecule is CCN(CC)c1cc(NC(=O)OC(C)(C)C)c(NC(=O)CC(=O)c2cccc(-n3nncc3COC3CCCCO3)c2)cc1Cl. The molecular formula is C32H41ClN6O6. The topological polar surface area (TPSA) is 137 Å². The minimum atomic E-state index is -0.730. The monoisotopic (exact) mass is 640 g/mol. The van der Waals surface area contributed by atoms with Crippen LogP contribution in [0, 0.1) is 0 Å². The number of Topliss-reactive ketones (excluding diaryl/α,β-unsaturated/α-hetero) is 1. The first-order valence-electron chi connectivity index (χ1n) is 15.1. The molecular weight excluding hydrogens is 600 g/mol. The maximum Gasteiger partial charge on any atom is 0.412 e. The van der Waals surface area contributed by atoms with E-state index in [9.17, 15) is 14.4 Å². The molecule has 45 heavy (non-hydrogen) atoms. The number of nitrogens with one attached hydrogen (secondary N) is 2. The second-order valence-corrected chi connectivity index (χ2v) is 12.0. The number of anilines is 3. The maximum absolute atomic E-state index is 13.2. The predicted molar refractivity (Wildman–Crippen MR) is 172 cm³/mol. The van der Waals surface area contributed by atoms with Crippen LogP contribution >= 0.6 is 11.6 Å². The molecule has 2 aromatic carbocycles. The summed E-state index contributed by atoms with van der Waals surface area (Å²) in [4.78, 5) is 41.0. The third-order valence-corrected chi connectivity index (χ3v) is 7.31. The fourth-order valence-corrected chi connectivity index (χ4v) is 5.12. The summed E-state index contributed by atoms with van der Waals surface area (Å²) in [6.45, 7) is 11.5. The van der Waals surface area contributed by atoms with Gasteiger partial charge >= 0.3 is 6.09 Å². The number of hydrogen-bond donors (Lipinski definition) is 2. The number of benzene rings is 2. The summed E-state index contributed by atoms with van der Waals surface area (Å²) in [7, 11) is 0. The second kappa shape index (κ2) is 15.3. The Kier molecular flexibility index (Phi) is 11.5. The Morgan fingerprint density at radius 1 is 1.09 bits per heavy atom. The van der Waals surface area contributed by atoms with Crippen molar-refractivity contribution in [2.45, 2.75) is 78.8 Å². The molecule has 0 aliphatic carbocycles. The minimum Gasteiger partial charge on any atom is -0.444 e. The molecule has 13 heteroatoms. The van der Waals surface area contributed by atoms with Crippen LogP contribution in [0.5, 0.6) is 0 Å². The number of ketones is 1. The van der Waals surface area contributed by atoms with E-state index in [2.05, 4.69) is 20.9 Å². The van der Waals surface area contributed by atoms with Gasteiger partial charge in [0, 0.05) is 25.3 Å². The summed E-state index contributed by atoms with van der Waals surface area (Å²) >= 11 is 6.59. The summed E-state index contributed by atoms with van der Waals surface area (Å²) in [6, 6.07) is 10.0. The van der Waals surface area contributed by atoms with Crippen LogP contribution in [-0.2, 0) is 25.6 Å². The number of halogens is 1. The van der Waals surface area contributed by atoms with Crippen LogP contribution in [0.4, 0.5) is 21.9 Å². The quantitative estimate of drug-likeness (QED) is 0.171. The third-order valence-electron chi connectivity index (χ3n) is 7.01. The molecule has 1 unspecified atom stereocenters. The van der Waals surface area contributed by atoms with Gasteiger partial charge in [0.15, 0.2) is 12.1 Å². The van der Waals surface area contributed by atoms with Crippen LogP contribution in [-0.4, -0.2) is 64.4 Å². The zero-order chi connectivity index (χ0) is 32.6. The molecule has 1 saturated heterocycles. The zero-order valence-corrected chi connectivity index (χ0v) is 27.1. The van der Waals surface area contributed by atoms with Crippen molar-refractivity contribution in [1.82, 2.24) is 15.0 Å². The molecule has 1 aliphatic rings. The number of rotatable bonds is 12. The van der Waals surface area contributed by atoms with Gasteiger partial charge in [-0.2, -0.15) is 0 Å². The highest BCUT2D eigenvalue weighted by atomic mass is 35.5. The van der Waals surface area contributed by atoms with Gasteiger partial charge in [-0.25, -0.2) is 9.48 Å². The van der Waals surface area contributed by atoms with Crippen molar-refractivity contribution < 1.29 is 28.6 Å². The van der Waals surface area contributed by atoms with E-state index in [-0.39, 0.29) is 24.3 Å². The van der Waals surface area contributed by atoms with E-state index in [1.54, 1.807) is 68.0 Å². The molecule has 3 aromatic rings. The van der Waals surface area contributed by atoms with Gasteiger partial charge in [-0.1, -0.05) is 28.9 Å². The molecule has 0 saturated carbocycles. The molecule has 12 nitrogen and oxygen atoms in total. The summed E-state index contributed by atoms with van der Waals surface area (Å²) in [5.74, 6) is -0.984. The molecule has 1 aromatic heterocycles. The van der Waals surface area contributed by atoms with Crippen molar-refractivity contribution in [2.75, 3.05) is 35.2 Å². The normalized spacial score (nSPS) is 14.9. The fraction of sp³-hybridized carbons (Fsp3) is 0.469. The molecule has 1 fully saturated rings. The molecule has 0 bridgehead atoms. The molecule has 242 valence electrons. The summed E-state index contributed by atoms with van der Waals surface area (Å²) in [6.07, 6.45) is 3.11. The molecule has 0 spiro atoms. The number of ether oxygens (including phenoxy) is 3. The van der Waals surface area contributed by atoms with E-state index < -0.39 is 29.8 Å². The Labute approximate surface area is 268 Å². The molecule has 2 N–H and O–H groups in total. The van der Waals surface area contributed by atoms with Crippen LogP contribution in [0.1, 0.15) is 76.4 Å². The molecule has 4 rings (SSSR count). The van der Waals surface area contributed by atoms with Crippen molar-refractivity contribution in [3.05, 3.63) is 58.9 Å². The summed E-state index contributed by atoms with van der Waals surface area (Å²) in [5, 5.41) is 14.0. The molecule has 0 radical (unpaired) electrons. The van der Waals surface area contributed by atoms with Gasteiger partial charge in [0.25, 0.3) is 0 Å². The average molecular weight is 641 g/mol. The highest BCUT2D eigenvalue weighted by molar-refractivity contribution is 6.34. The van der Waals surface area contributed by atoms with Gasteiger partial charge in [-0.3, -0.25) is 14.9 Å². The highest BCUT2D eigenvalue weighted by Crippen LogP contribution is 2.36. The van der Waals surface area contributed by atoms with Crippen molar-refractivity contribution in [3.63, 3.8) is 0 Å². The Morgan fingerprint density at radius 2 is 1.84 bits per heavy atom. The average Bonchev–Trinajstić information content (AvgIpc) is 3.47. The Morgan fingerprint density at radius 3 is 2.53 bits per heavy atom. The van der Waals surface area contributed by atoms with E-state index in [1.165, 1.54) is 0 Å². The lowest BCUT2D eigenvalue weighted by atomic mass is 10.1. The van der Waals surface area contributed by atoms with Crippen LogP contribution in [0.2, 0.25) is 5.02 Å². The Balaban J connectivity index is 1.48. The van der Waals surface area contributed by atoms with Crippen molar-refractivity contribution in [2.24, 2.45) is 0 Å². The first kappa shape index (κ1) is 33.9. The van der Waals surface area contributed by atoms with Gasteiger partial charge in [0.2, 0.25) is 5.91 Å². The van der Waals surface area contributed by atoms with Crippen LogP contribution < -0.4 is 15.5 Å². The molecule has 1 aliphatic heterocycles. The van der Waals surface area contributed by atoms with Crippen LogP contribution in [0.25, 0.3) is 5.69 Å². The first-order chi connectivity index (χ1) is 21.5. The number of aromatic nitrogens is 3. The van der Waals surface area contributed by atoms with Gasteiger partial charge < -0.3 is 24.4 Å². The van der Waals surface area contributed by atoms with E-state index >= 15 is 0 Å². The van der Waals surface area contributed by atoms with E-state index in [0.29, 0.717) is 47.4 Å². The molecule has 2 heterocycles. The van der Waals surface area contributed by atoms with E-state index in [4.69, 9.17) is 25.8 Å². The number of amides is 2. The fourth-order valence-electron chi connectivity index (χ4n) is 4.84. The van der Waals surface area contributed by atoms with Crippen molar-refractivity contribution in [3.8, 4) is 5.69 Å². The van der Waals surface area contributed by atoms with Crippen molar-refractivity contribution >= 4 is 46.4 Å². The molecule has 1 atom stereocenters. The lowest BCUT2D eigenvalue weighted by Crippen LogP contribution is -2.28. The highest BCUT2D eigenvalue weighted by Gasteiger charge is 2.22. The van der Waals surface area contributed by atoms with Gasteiger partial charge in [-0.15, -0.1) is 5.10 Å². The first-order valence-corrected chi connectivity index (χ1v) is 15.5. The van der Waals surface area contributed by atoms with Crippen LogP contribution in [0.3, 0.4) is 0 Å². The number of nitrogens with zero attached hydrogens (tertiary/aromatic N) is 4. The smallest absolute Gasteiger partial charge is 0.412 e. The molecule has 2 amide bonds. The van der Waals surface area contributed by atoms with Gasteiger partial charge in [0.05, 0.1) is 52.7 Å². The second-order valence-electron chi connectivity index (χ2n) is 11.6. The summed E-state index contributed by atoms with van der Waals surface area (Å²) < 4.78 is 18.5. The predicted octanol–water partition coefficient (Wildman–Crippen LogP) is 6.37. The lowest BCUT2D eigenvalue weighted by molar-refractivity contribution is -0.169. The third kappa shape index (κ3) is 9.49. The summed E-state index contributed by atoms with van der Waals surface area (Å²) in [5.41, 5.74) is 2.10. The maximum atomic E-state index is 13.2. The zero-order valence-electron chi connectivity index (χ0n) is 26.4.